The first kappa shape index (κ1) is 30.4. The molecule has 6 rings (SSSR count). The minimum absolute atomic E-state index is 0.108. The predicted octanol–water partition coefficient (Wildman–Crippen LogP) is 7.33. The van der Waals surface area contributed by atoms with E-state index in [0.717, 1.165) is 17.2 Å². The van der Waals surface area contributed by atoms with Crippen LogP contribution in [0.4, 0.5) is 17.1 Å². The number of ether oxygens (including phenoxy) is 1. The van der Waals surface area contributed by atoms with Gasteiger partial charge in [-0.2, -0.15) is 0 Å². The largest absolute Gasteiger partial charge is 0.463 e. The molecular weight excluding hydrogens is 586 g/mol. The van der Waals surface area contributed by atoms with Crippen LogP contribution in [0.3, 0.4) is 0 Å². The van der Waals surface area contributed by atoms with Gasteiger partial charge < -0.3 is 14.7 Å². The van der Waals surface area contributed by atoms with Gasteiger partial charge in [-0.05, 0) is 62.4 Å². The number of anilines is 1. The molecule has 1 N–H and O–H groups in total. The molecule has 0 heterocycles. The second kappa shape index (κ2) is 13.2. The van der Waals surface area contributed by atoms with Crippen molar-refractivity contribution in [3.8, 4) is 0 Å². The maximum Gasteiger partial charge on any atom is 0.305 e. The van der Waals surface area contributed by atoms with Crippen LogP contribution in [0.15, 0.2) is 103 Å². The van der Waals surface area contributed by atoms with E-state index in [-0.39, 0.29) is 31.8 Å². The van der Waals surface area contributed by atoms with Gasteiger partial charge in [0, 0.05) is 25.6 Å². The van der Waals surface area contributed by atoms with Gasteiger partial charge in [-0.3, -0.25) is 25.0 Å². The molecule has 0 fully saturated rings. The van der Waals surface area contributed by atoms with Crippen LogP contribution in [0.25, 0.3) is 32.3 Å². The van der Waals surface area contributed by atoms with E-state index in [1.54, 1.807) is 4.90 Å². The van der Waals surface area contributed by atoms with Crippen molar-refractivity contribution in [1.29, 1.82) is 0 Å². The van der Waals surface area contributed by atoms with Gasteiger partial charge in [-0.1, -0.05) is 84.9 Å². The van der Waals surface area contributed by atoms with Gasteiger partial charge in [0.2, 0.25) is 0 Å². The van der Waals surface area contributed by atoms with Gasteiger partial charge in [0.05, 0.1) is 15.9 Å². The number of carbonyl (C=O) groups is 1. The number of rotatable bonds is 13. The van der Waals surface area contributed by atoms with Gasteiger partial charge in [0.25, 0.3) is 11.4 Å². The average Bonchev–Trinajstić information content (AvgIpc) is 3.06. The SMILES string of the molecule is O=C(CCCc1ccc2ccc3cccc4ccc1c2c34)OCC(O)CN(Cc1ccccc1)c1ccc([N+](=O)[O-])cc1[N+](=O)[O-]. The Morgan fingerprint density at radius 3 is 2.22 bits per heavy atom. The van der Waals surface area contributed by atoms with E-state index in [9.17, 15) is 30.1 Å². The number of hydrogen-bond acceptors (Lipinski definition) is 8. The van der Waals surface area contributed by atoms with E-state index in [1.165, 1.54) is 44.5 Å². The zero-order valence-electron chi connectivity index (χ0n) is 24.9. The van der Waals surface area contributed by atoms with Crippen LogP contribution in [0.5, 0.6) is 0 Å². The first-order valence-corrected chi connectivity index (χ1v) is 15.0. The molecule has 0 aliphatic rings. The lowest BCUT2D eigenvalue weighted by Gasteiger charge is -2.27. The Kier molecular flexibility index (Phi) is 8.71. The fourth-order valence-corrected chi connectivity index (χ4v) is 6.10. The van der Waals surface area contributed by atoms with Crippen molar-refractivity contribution in [2.75, 3.05) is 18.1 Å². The van der Waals surface area contributed by atoms with E-state index in [4.69, 9.17) is 4.74 Å². The highest BCUT2D eigenvalue weighted by molar-refractivity contribution is 6.23. The fourth-order valence-electron chi connectivity index (χ4n) is 6.10. The van der Waals surface area contributed by atoms with Crippen LogP contribution >= 0.6 is 0 Å². The first-order chi connectivity index (χ1) is 22.3. The lowest BCUT2D eigenvalue weighted by molar-refractivity contribution is -0.393. The number of nitro groups is 2. The topological polar surface area (TPSA) is 136 Å². The lowest BCUT2D eigenvalue weighted by Crippen LogP contribution is -2.35. The average molecular weight is 618 g/mol. The van der Waals surface area contributed by atoms with Gasteiger partial charge in [0.1, 0.15) is 18.4 Å². The number of carbonyl (C=O) groups excluding carboxylic acids is 1. The molecule has 0 amide bonds. The van der Waals surface area contributed by atoms with Crippen molar-refractivity contribution in [2.45, 2.75) is 31.9 Å². The maximum absolute atomic E-state index is 12.7. The number of esters is 1. The lowest BCUT2D eigenvalue weighted by atomic mass is 9.90. The summed E-state index contributed by atoms with van der Waals surface area (Å²) in [5.74, 6) is -0.451. The molecule has 0 radical (unpaired) electrons. The van der Waals surface area contributed by atoms with Crippen LogP contribution in [0.1, 0.15) is 24.0 Å². The molecule has 6 aromatic rings. The summed E-state index contributed by atoms with van der Waals surface area (Å²) in [6.45, 7) is -0.225. The first-order valence-electron chi connectivity index (χ1n) is 15.0. The van der Waals surface area contributed by atoms with Crippen LogP contribution < -0.4 is 4.90 Å². The number of aryl methyl sites for hydroxylation is 1. The number of hydrogen-bond donors (Lipinski definition) is 1. The molecule has 0 saturated carbocycles. The summed E-state index contributed by atoms with van der Waals surface area (Å²) < 4.78 is 5.40. The molecule has 10 nitrogen and oxygen atoms in total. The second-order valence-electron chi connectivity index (χ2n) is 11.3. The van der Waals surface area contributed by atoms with Crippen molar-refractivity contribution < 1.29 is 24.5 Å². The standard InChI is InChI=1S/C36H31N3O7/c40-30(22-37(21-24-6-2-1-3-7-24)32-19-17-29(38(42)43)20-33(32)39(44)45)23-46-34(41)11-5-8-25-12-13-28-15-14-26-9-4-10-27-16-18-31(25)36(28)35(26)27/h1-4,6-7,9-10,12-20,30,40H,5,8,11,21-23H2. The van der Waals surface area contributed by atoms with Crippen molar-refractivity contribution in [2.24, 2.45) is 0 Å². The molecule has 0 spiro atoms. The van der Waals surface area contributed by atoms with E-state index in [2.05, 4.69) is 54.6 Å². The molecule has 10 heteroatoms. The summed E-state index contributed by atoms with van der Waals surface area (Å²) >= 11 is 0. The van der Waals surface area contributed by atoms with E-state index < -0.39 is 33.3 Å². The normalized spacial score (nSPS) is 12.0. The van der Waals surface area contributed by atoms with E-state index in [0.29, 0.717) is 12.8 Å². The highest BCUT2D eigenvalue weighted by Gasteiger charge is 2.26. The highest BCUT2D eigenvalue weighted by Crippen LogP contribution is 2.36. The molecule has 0 aliphatic carbocycles. The third-order valence-electron chi connectivity index (χ3n) is 8.24. The zero-order chi connectivity index (χ0) is 32.2. The van der Waals surface area contributed by atoms with Crippen molar-refractivity contribution in [3.05, 3.63) is 134 Å². The maximum atomic E-state index is 12.7. The summed E-state index contributed by atoms with van der Waals surface area (Å²) in [5.41, 5.74) is 1.21. The molecule has 0 bridgehead atoms. The smallest absolute Gasteiger partial charge is 0.305 e. The number of aliphatic hydroxyl groups excluding tert-OH is 1. The molecule has 0 saturated heterocycles. The van der Waals surface area contributed by atoms with Crippen LogP contribution in [-0.4, -0.2) is 40.2 Å². The van der Waals surface area contributed by atoms with Gasteiger partial charge in [-0.15, -0.1) is 0 Å². The minimum Gasteiger partial charge on any atom is -0.463 e. The second-order valence-corrected chi connectivity index (χ2v) is 11.3. The summed E-state index contributed by atoms with van der Waals surface area (Å²) in [6, 6.07) is 31.6. The Hall–Kier alpha value is -5.61. The molecule has 1 unspecified atom stereocenters. The quantitative estimate of drug-likeness (QED) is 0.0616. The number of benzene rings is 6. The number of non-ortho nitro benzene ring substituents is 1. The molecular formula is C36H31N3O7. The Balaban J connectivity index is 1.10. The zero-order valence-corrected chi connectivity index (χ0v) is 24.9. The van der Waals surface area contributed by atoms with Crippen molar-refractivity contribution in [3.63, 3.8) is 0 Å². The minimum atomic E-state index is -1.17. The third kappa shape index (κ3) is 6.43. The highest BCUT2D eigenvalue weighted by atomic mass is 16.6. The predicted molar refractivity (Wildman–Crippen MR) is 177 cm³/mol. The monoisotopic (exact) mass is 617 g/mol. The number of nitrogens with zero attached hydrogens (tertiary/aromatic N) is 3. The van der Waals surface area contributed by atoms with Crippen LogP contribution in [0.2, 0.25) is 0 Å². The van der Waals surface area contributed by atoms with Crippen LogP contribution in [0, 0.1) is 20.2 Å². The molecule has 0 aromatic heterocycles. The fraction of sp³-hybridized carbons (Fsp3) is 0.194. The number of aliphatic hydroxyl groups is 1. The number of nitro benzene ring substituents is 2. The summed E-state index contributed by atoms with van der Waals surface area (Å²) in [5, 5.41) is 41.1. The summed E-state index contributed by atoms with van der Waals surface area (Å²) in [4.78, 5) is 35.9. The van der Waals surface area contributed by atoms with Crippen LogP contribution in [-0.2, 0) is 22.5 Å². The van der Waals surface area contributed by atoms with Gasteiger partial charge >= 0.3 is 5.97 Å². The van der Waals surface area contributed by atoms with E-state index >= 15 is 0 Å². The Bertz CT molecular complexity index is 2030. The van der Waals surface area contributed by atoms with Gasteiger partial charge in [0.15, 0.2) is 0 Å². The van der Waals surface area contributed by atoms with Crippen molar-refractivity contribution >= 4 is 55.3 Å². The Morgan fingerprint density at radius 2 is 1.50 bits per heavy atom. The molecule has 46 heavy (non-hydrogen) atoms. The summed E-state index contributed by atoms with van der Waals surface area (Å²) in [7, 11) is 0. The van der Waals surface area contributed by atoms with Crippen molar-refractivity contribution in [1.82, 2.24) is 0 Å². The Morgan fingerprint density at radius 1 is 0.804 bits per heavy atom. The molecule has 6 aromatic carbocycles. The molecule has 1 atom stereocenters. The summed E-state index contributed by atoms with van der Waals surface area (Å²) in [6.07, 6.45) is 0.241. The van der Waals surface area contributed by atoms with E-state index in [1.807, 2.05) is 30.3 Å². The Labute approximate surface area is 264 Å². The molecule has 232 valence electrons. The van der Waals surface area contributed by atoms with Gasteiger partial charge in [-0.25, -0.2) is 0 Å². The third-order valence-corrected chi connectivity index (χ3v) is 8.24. The molecule has 0 aliphatic heterocycles.